The highest BCUT2D eigenvalue weighted by atomic mass is 19.1. The molecule has 0 aliphatic carbocycles. The number of benzene rings is 1. The molecule has 0 heterocycles. The van der Waals surface area contributed by atoms with Crippen LogP contribution in [0.1, 0.15) is 38.3 Å². The van der Waals surface area contributed by atoms with Gasteiger partial charge in [-0.15, -0.1) is 0 Å². The third kappa shape index (κ3) is 4.86. The highest BCUT2D eigenvalue weighted by Gasteiger charge is 2.10. The third-order valence-corrected chi connectivity index (χ3v) is 3.18. The summed E-state index contributed by atoms with van der Waals surface area (Å²) in [7, 11) is 0. The minimum atomic E-state index is -0.139. The van der Waals surface area contributed by atoms with E-state index in [1.54, 1.807) is 12.1 Å². The van der Waals surface area contributed by atoms with Gasteiger partial charge in [0.1, 0.15) is 5.82 Å². The molecule has 0 bridgehead atoms. The highest BCUT2D eigenvalue weighted by Crippen LogP contribution is 2.17. The van der Waals surface area contributed by atoms with Gasteiger partial charge in [-0.1, -0.05) is 19.9 Å². The molecule has 1 rings (SSSR count). The molecule has 0 spiro atoms. The molecule has 0 fully saturated rings. The van der Waals surface area contributed by atoms with Crippen molar-refractivity contribution < 1.29 is 4.39 Å². The predicted molar refractivity (Wildman–Crippen MR) is 71.8 cm³/mol. The van der Waals surface area contributed by atoms with Gasteiger partial charge < -0.3 is 5.32 Å². The average Bonchev–Trinajstić information content (AvgIpc) is 2.22. The van der Waals surface area contributed by atoms with Crippen molar-refractivity contribution in [2.24, 2.45) is 5.92 Å². The second kappa shape index (κ2) is 6.75. The lowest BCUT2D eigenvalue weighted by molar-refractivity contribution is 0.425. The molecule has 0 aromatic heterocycles. The first-order valence-corrected chi connectivity index (χ1v) is 6.51. The molecule has 2 atom stereocenters. The lowest BCUT2D eigenvalue weighted by Gasteiger charge is -2.18. The van der Waals surface area contributed by atoms with Gasteiger partial charge in [0.15, 0.2) is 0 Å². The SMILES string of the molecule is CCNC(C)CC(C)Cc1ccc(F)cc1C. The van der Waals surface area contributed by atoms with Crippen LogP contribution in [0.4, 0.5) is 4.39 Å². The summed E-state index contributed by atoms with van der Waals surface area (Å²) in [5, 5.41) is 3.43. The summed E-state index contributed by atoms with van der Waals surface area (Å²) in [5.41, 5.74) is 2.33. The van der Waals surface area contributed by atoms with Crippen molar-refractivity contribution in [3.63, 3.8) is 0 Å². The third-order valence-electron chi connectivity index (χ3n) is 3.18. The Morgan fingerprint density at radius 3 is 2.59 bits per heavy atom. The molecule has 1 aromatic carbocycles. The zero-order chi connectivity index (χ0) is 12.8. The predicted octanol–water partition coefficient (Wildman–Crippen LogP) is 3.70. The maximum Gasteiger partial charge on any atom is 0.123 e. The van der Waals surface area contributed by atoms with Gasteiger partial charge in [0.25, 0.3) is 0 Å². The van der Waals surface area contributed by atoms with Crippen molar-refractivity contribution in [3.05, 3.63) is 35.1 Å². The van der Waals surface area contributed by atoms with Crippen LogP contribution >= 0.6 is 0 Å². The number of nitrogens with one attached hydrogen (secondary N) is 1. The maximum absolute atomic E-state index is 13.0. The van der Waals surface area contributed by atoms with Crippen LogP contribution in [-0.4, -0.2) is 12.6 Å². The second-order valence-corrected chi connectivity index (χ2v) is 5.07. The number of hydrogen-bond donors (Lipinski definition) is 1. The van der Waals surface area contributed by atoms with Crippen molar-refractivity contribution in [2.45, 2.75) is 46.6 Å². The normalized spacial score (nSPS) is 14.6. The lowest BCUT2D eigenvalue weighted by Crippen LogP contribution is -2.27. The van der Waals surface area contributed by atoms with E-state index >= 15 is 0 Å². The van der Waals surface area contributed by atoms with E-state index in [4.69, 9.17) is 0 Å². The molecule has 2 heteroatoms. The summed E-state index contributed by atoms with van der Waals surface area (Å²) in [6.45, 7) is 9.61. The van der Waals surface area contributed by atoms with Crippen LogP contribution in [0.15, 0.2) is 18.2 Å². The summed E-state index contributed by atoms with van der Waals surface area (Å²) in [6, 6.07) is 5.65. The molecule has 1 aromatic rings. The number of rotatable bonds is 6. The van der Waals surface area contributed by atoms with E-state index in [2.05, 4.69) is 26.1 Å². The number of halogens is 1. The monoisotopic (exact) mass is 237 g/mol. The molecular formula is C15H24FN. The molecule has 0 saturated carbocycles. The molecular weight excluding hydrogens is 213 g/mol. The van der Waals surface area contributed by atoms with E-state index in [0.29, 0.717) is 12.0 Å². The largest absolute Gasteiger partial charge is 0.315 e. The zero-order valence-electron chi connectivity index (χ0n) is 11.4. The van der Waals surface area contributed by atoms with Crippen LogP contribution in [0.2, 0.25) is 0 Å². The first kappa shape index (κ1) is 14.2. The van der Waals surface area contributed by atoms with Gasteiger partial charge in [-0.05, 0) is 62.4 Å². The van der Waals surface area contributed by atoms with Crippen molar-refractivity contribution in [1.82, 2.24) is 5.32 Å². The summed E-state index contributed by atoms with van der Waals surface area (Å²) in [5.74, 6) is 0.480. The Bertz CT molecular complexity index is 349. The highest BCUT2D eigenvalue weighted by molar-refractivity contribution is 5.26. The first-order valence-electron chi connectivity index (χ1n) is 6.51. The van der Waals surface area contributed by atoms with Crippen LogP contribution in [0.25, 0.3) is 0 Å². The molecule has 2 unspecified atom stereocenters. The minimum absolute atomic E-state index is 0.139. The van der Waals surface area contributed by atoms with Gasteiger partial charge in [0.05, 0.1) is 0 Å². The first-order chi connectivity index (χ1) is 8.02. The fraction of sp³-hybridized carbons (Fsp3) is 0.600. The van der Waals surface area contributed by atoms with Crippen LogP contribution in [-0.2, 0) is 6.42 Å². The Balaban J connectivity index is 2.52. The van der Waals surface area contributed by atoms with Crippen LogP contribution in [0.5, 0.6) is 0 Å². The Labute approximate surface area is 104 Å². The van der Waals surface area contributed by atoms with E-state index in [1.807, 2.05) is 13.0 Å². The molecule has 1 N–H and O–H groups in total. The Hall–Kier alpha value is -0.890. The Morgan fingerprint density at radius 1 is 1.29 bits per heavy atom. The van der Waals surface area contributed by atoms with Crippen LogP contribution < -0.4 is 5.32 Å². The summed E-state index contributed by atoms with van der Waals surface area (Å²) in [6.07, 6.45) is 2.19. The van der Waals surface area contributed by atoms with Gasteiger partial charge in [-0.2, -0.15) is 0 Å². The Kier molecular flexibility index (Phi) is 5.63. The van der Waals surface area contributed by atoms with Gasteiger partial charge in [0.2, 0.25) is 0 Å². The van der Waals surface area contributed by atoms with Crippen molar-refractivity contribution in [1.29, 1.82) is 0 Å². The van der Waals surface area contributed by atoms with Crippen LogP contribution in [0.3, 0.4) is 0 Å². The molecule has 1 nitrogen and oxygen atoms in total. The van der Waals surface area contributed by atoms with Gasteiger partial charge in [0, 0.05) is 6.04 Å². The van der Waals surface area contributed by atoms with E-state index in [9.17, 15) is 4.39 Å². The van der Waals surface area contributed by atoms with E-state index in [1.165, 1.54) is 5.56 Å². The molecule has 0 radical (unpaired) electrons. The minimum Gasteiger partial charge on any atom is -0.315 e. The zero-order valence-corrected chi connectivity index (χ0v) is 11.4. The average molecular weight is 237 g/mol. The Morgan fingerprint density at radius 2 is 2.00 bits per heavy atom. The smallest absolute Gasteiger partial charge is 0.123 e. The molecule has 0 aliphatic rings. The number of aryl methyl sites for hydroxylation is 1. The van der Waals surface area contributed by atoms with Gasteiger partial charge in [-0.25, -0.2) is 4.39 Å². The fourth-order valence-electron chi connectivity index (χ4n) is 2.38. The molecule has 17 heavy (non-hydrogen) atoms. The van der Waals surface area contributed by atoms with E-state index in [0.717, 1.165) is 24.9 Å². The van der Waals surface area contributed by atoms with Gasteiger partial charge in [-0.3, -0.25) is 0 Å². The summed E-state index contributed by atoms with van der Waals surface area (Å²) >= 11 is 0. The molecule has 0 saturated heterocycles. The molecule has 0 amide bonds. The van der Waals surface area contributed by atoms with Crippen LogP contribution in [0, 0.1) is 18.7 Å². The summed E-state index contributed by atoms with van der Waals surface area (Å²) in [4.78, 5) is 0. The van der Waals surface area contributed by atoms with E-state index < -0.39 is 0 Å². The van der Waals surface area contributed by atoms with E-state index in [-0.39, 0.29) is 5.82 Å². The lowest BCUT2D eigenvalue weighted by atomic mass is 9.93. The standard InChI is InChI=1S/C15H24FN/c1-5-17-13(4)8-11(2)9-14-6-7-15(16)10-12(14)3/h6-7,10-11,13,17H,5,8-9H2,1-4H3. The molecule has 96 valence electrons. The number of hydrogen-bond acceptors (Lipinski definition) is 1. The second-order valence-electron chi connectivity index (χ2n) is 5.07. The summed E-state index contributed by atoms with van der Waals surface area (Å²) < 4.78 is 13.0. The molecule has 0 aliphatic heterocycles. The van der Waals surface area contributed by atoms with Gasteiger partial charge >= 0.3 is 0 Å². The van der Waals surface area contributed by atoms with Crippen molar-refractivity contribution in [2.75, 3.05) is 6.54 Å². The fourth-order valence-corrected chi connectivity index (χ4v) is 2.38. The topological polar surface area (TPSA) is 12.0 Å². The van der Waals surface area contributed by atoms with Crippen molar-refractivity contribution >= 4 is 0 Å². The van der Waals surface area contributed by atoms with Crippen molar-refractivity contribution in [3.8, 4) is 0 Å². The quantitative estimate of drug-likeness (QED) is 0.795. The maximum atomic E-state index is 13.0.